The summed E-state index contributed by atoms with van der Waals surface area (Å²) in [6, 6.07) is 9.93. The number of para-hydroxylation sites is 1. The fourth-order valence-electron chi connectivity index (χ4n) is 5.86. The average Bonchev–Trinajstić information content (AvgIpc) is 3.59. The van der Waals surface area contributed by atoms with Crippen LogP contribution in [0.15, 0.2) is 42.5 Å². The summed E-state index contributed by atoms with van der Waals surface area (Å²) in [7, 11) is 0. The van der Waals surface area contributed by atoms with Gasteiger partial charge in [0.1, 0.15) is 29.8 Å². The SMILES string of the molecule is CC(C)(C)C[C@H](NC(=O)C(Nc1ccc(F)cc1F)C1CC1)C(=O)N1C[C@]2(C[C@H]1C#N)C(=O)Nc1ccccc12. The zero-order valence-corrected chi connectivity index (χ0v) is 22.8. The Morgan fingerprint density at radius 1 is 1.20 bits per heavy atom. The number of hydrogen-bond acceptors (Lipinski definition) is 5. The van der Waals surface area contributed by atoms with Gasteiger partial charge < -0.3 is 20.9 Å². The summed E-state index contributed by atoms with van der Waals surface area (Å²) < 4.78 is 27.8. The molecule has 2 aromatic carbocycles. The molecule has 2 heterocycles. The average molecular weight is 550 g/mol. The highest BCUT2D eigenvalue weighted by Gasteiger charge is 2.56. The van der Waals surface area contributed by atoms with Crippen LogP contribution >= 0.6 is 0 Å². The first-order valence-corrected chi connectivity index (χ1v) is 13.5. The van der Waals surface area contributed by atoms with Crippen LogP contribution in [0.3, 0.4) is 0 Å². The van der Waals surface area contributed by atoms with Crippen molar-refractivity contribution in [2.24, 2.45) is 11.3 Å². The minimum absolute atomic E-state index is 0.00379. The summed E-state index contributed by atoms with van der Waals surface area (Å²) in [5, 5.41) is 18.7. The van der Waals surface area contributed by atoms with Gasteiger partial charge in [-0.3, -0.25) is 14.4 Å². The van der Waals surface area contributed by atoms with Gasteiger partial charge in [-0.15, -0.1) is 0 Å². The molecule has 8 nitrogen and oxygen atoms in total. The van der Waals surface area contributed by atoms with Crippen molar-refractivity contribution in [3.63, 3.8) is 0 Å². The minimum atomic E-state index is -1.04. The Morgan fingerprint density at radius 2 is 1.93 bits per heavy atom. The molecule has 1 saturated heterocycles. The van der Waals surface area contributed by atoms with Crippen LogP contribution in [-0.4, -0.2) is 47.3 Å². The van der Waals surface area contributed by atoms with E-state index in [2.05, 4.69) is 22.0 Å². The predicted molar refractivity (Wildman–Crippen MR) is 145 cm³/mol. The largest absolute Gasteiger partial charge is 0.371 e. The maximum absolute atomic E-state index is 14.4. The molecule has 210 valence electrons. The van der Waals surface area contributed by atoms with Crippen LogP contribution in [0.25, 0.3) is 0 Å². The summed E-state index contributed by atoms with van der Waals surface area (Å²) in [6.07, 6.45) is 1.95. The first kappa shape index (κ1) is 27.6. The molecule has 1 spiro atoms. The molecular formula is C30H33F2N5O3. The smallest absolute Gasteiger partial charge is 0.246 e. The zero-order chi connectivity index (χ0) is 28.8. The summed E-state index contributed by atoms with van der Waals surface area (Å²) in [5.74, 6) is -2.75. The Kier molecular flexibility index (Phi) is 7.02. The molecule has 1 saturated carbocycles. The number of amides is 3. The van der Waals surface area contributed by atoms with Gasteiger partial charge >= 0.3 is 0 Å². The third kappa shape index (κ3) is 5.25. The van der Waals surface area contributed by atoms with Crippen LogP contribution in [0, 0.1) is 34.3 Å². The lowest BCUT2D eigenvalue weighted by Crippen LogP contribution is -2.55. The maximum atomic E-state index is 14.4. The number of fused-ring (bicyclic) bond motifs is 2. The number of halogens is 2. The Bertz CT molecular complexity index is 1400. The van der Waals surface area contributed by atoms with Crippen molar-refractivity contribution < 1.29 is 23.2 Å². The van der Waals surface area contributed by atoms with Crippen molar-refractivity contribution in [3.05, 3.63) is 59.7 Å². The predicted octanol–water partition coefficient (Wildman–Crippen LogP) is 4.09. The van der Waals surface area contributed by atoms with E-state index in [9.17, 15) is 28.4 Å². The lowest BCUT2D eigenvalue weighted by Gasteiger charge is -2.32. The summed E-state index contributed by atoms with van der Waals surface area (Å²) in [6.45, 7) is 5.85. The number of nitriles is 1. The summed E-state index contributed by atoms with van der Waals surface area (Å²) in [4.78, 5) is 42.2. The van der Waals surface area contributed by atoms with Crippen molar-refractivity contribution in [1.82, 2.24) is 10.2 Å². The summed E-state index contributed by atoms with van der Waals surface area (Å²) >= 11 is 0. The molecule has 2 aromatic rings. The first-order valence-electron chi connectivity index (χ1n) is 13.5. The summed E-state index contributed by atoms with van der Waals surface area (Å²) in [5.41, 5.74) is 0.0248. The molecule has 0 aromatic heterocycles. The molecule has 2 aliphatic heterocycles. The van der Waals surface area contributed by atoms with E-state index in [1.807, 2.05) is 39.0 Å². The van der Waals surface area contributed by atoms with Crippen LogP contribution < -0.4 is 16.0 Å². The standard InChI is InChI=1S/C30H33F2N5O3/c1-29(2,3)14-24(35-26(38)25(17-8-9-17)34-23-11-10-18(31)12-21(23)32)27(39)37-16-30(13-19(37)15-33)20-6-4-5-7-22(20)36-28(30)40/h4-7,10-12,17,19,24-25,34H,8-9,13-14,16H2,1-3H3,(H,35,38)(H,36,40)/t19-,24-,25?,30-/m0/s1. The number of hydrogen-bond donors (Lipinski definition) is 3. The number of carbonyl (C=O) groups is 3. The van der Waals surface area contributed by atoms with Gasteiger partial charge in [0.25, 0.3) is 0 Å². The second-order valence-corrected chi connectivity index (χ2v) is 12.3. The molecule has 3 amide bonds. The number of carbonyl (C=O) groups excluding carboxylic acids is 3. The second-order valence-electron chi connectivity index (χ2n) is 12.3. The highest BCUT2D eigenvalue weighted by Crippen LogP contribution is 2.46. The molecule has 3 N–H and O–H groups in total. The van der Waals surface area contributed by atoms with Crippen LogP contribution in [0.5, 0.6) is 0 Å². The monoisotopic (exact) mass is 549 g/mol. The second kappa shape index (κ2) is 10.2. The van der Waals surface area contributed by atoms with E-state index in [4.69, 9.17) is 0 Å². The normalized spacial score (nSPS) is 23.2. The van der Waals surface area contributed by atoms with Crippen molar-refractivity contribution in [3.8, 4) is 6.07 Å². The number of nitrogens with one attached hydrogen (secondary N) is 3. The van der Waals surface area contributed by atoms with Gasteiger partial charge in [-0.05, 0) is 54.4 Å². The molecule has 3 aliphatic rings. The molecule has 5 rings (SSSR count). The highest BCUT2D eigenvalue weighted by molar-refractivity contribution is 6.07. The van der Waals surface area contributed by atoms with E-state index in [1.54, 1.807) is 6.07 Å². The minimum Gasteiger partial charge on any atom is -0.371 e. The molecule has 40 heavy (non-hydrogen) atoms. The molecule has 1 unspecified atom stereocenters. The number of nitrogens with zero attached hydrogens (tertiary/aromatic N) is 2. The fraction of sp³-hybridized carbons (Fsp3) is 0.467. The molecular weight excluding hydrogens is 516 g/mol. The van der Waals surface area contributed by atoms with Gasteiger partial charge in [-0.1, -0.05) is 39.0 Å². The first-order chi connectivity index (χ1) is 18.9. The van der Waals surface area contributed by atoms with Crippen LogP contribution in [0.2, 0.25) is 0 Å². The quantitative estimate of drug-likeness (QED) is 0.482. The van der Waals surface area contributed by atoms with Crippen molar-refractivity contribution in [2.75, 3.05) is 17.2 Å². The molecule has 2 fully saturated rings. The van der Waals surface area contributed by atoms with E-state index >= 15 is 0 Å². The lowest BCUT2D eigenvalue weighted by molar-refractivity contribution is -0.138. The molecule has 10 heteroatoms. The van der Waals surface area contributed by atoms with Crippen LogP contribution in [0.1, 0.15) is 52.0 Å². The zero-order valence-electron chi connectivity index (χ0n) is 22.8. The molecule has 4 atom stereocenters. The number of likely N-dealkylation sites (tertiary alicyclic amines) is 1. The molecule has 0 radical (unpaired) electrons. The van der Waals surface area contributed by atoms with Gasteiger partial charge in [0.2, 0.25) is 17.7 Å². The number of benzene rings is 2. The third-order valence-electron chi connectivity index (χ3n) is 7.96. The molecule has 0 bridgehead atoms. The van der Waals surface area contributed by atoms with E-state index in [-0.39, 0.29) is 42.3 Å². The third-order valence-corrected chi connectivity index (χ3v) is 7.96. The van der Waals surface area contributed by atoms with Gasteiger partial charge in [0.05, 0.1) is 17.2 Å². The van der Waals surface area contributed by atoms with Crippen molar-refractivity contribution in [2.45, 2.75) is 70.0 Å². The van der Waals surface area contributed by atoms with E-state index in [0.717, 1.165) is 30.5 Å². The number of anilines is 2. The highest BCUT2D eigenvalue weighted by atomic mass is 19.1. The van der Waals surface area contributed by atoms with Gasteiger partial charge in [0, 0.05) is 24.7 Å². The number of rotatable bonds is 7. The Morgan fingerprint density at radius 3 is 2.58 bits per heavy atom. The maximum Gasteiger partial charge on any atom is 0.246 e. The van der Waals surface area contributed by atoms with Crippen LogP contribution in [0.4, 0.5) is 20.2 Å². The molecule has 1 aliphatic carbocycles. The van der Waals surface area contributed by atoms with Crippen molar-refractivity contribution in [1.29, 1.82) is 5.26 Å². The van der Waals surface area contributed by atoms with E-state index in [1.165, 1.54) is 11.0 Å². The van der Waals surface area contributed by atoms with E-state index < -0.39 is 47.0 Å². The fourth-order valence-corrected chi connectivity index (χ4v) is 5.86. The van der Waals surface area contributed by atoms with Crippen LogP contribution in [-0.2, 0) is 19.8 Å². The van der Waals surface area contributed by atoms with E-state index in [0.29, 0.717) is 5.69 Å². The van der Waals surface area contributed by atoms with Gasteiger partial charge in [0.15, 0.2) is 0 Å². The van der Waals surface area contributed by atoms with Gasteiger partial charge in [-0.25, -0.2) is 8.78 Å². The Balaban J connectivity index is 1.40. The topological polar surface area (TPSA) is 114 Å². The lowest BCUT2D eigenvalue weighted by atomic mass is 9.80. The van der Waals surface area contributed by atoms with Crippen molar-refractivity contribution >= 4 is 29.1 Å². The Hall–Kier alpha value is -4.00. The van der Waals surface area contributed by atoms with Gasteiger partial charge in [-0.2, -0.15) is 5.26 Å². The Labute approximate surface area is 232 Å².